The van der Waals surface area contributed by atoms with E-state index < -0.39 is 11.7 Å². The van der Waals surface area contributed by atoms with E-state index >= 15 is 0 Å². The molecule has 4 nitrogen and oxygen atoms in total. The minimum Gasteiger partial charge on any atom is -0.512 e. The molecule has 33 heavy (non-hydrogen) atoms. The van der Waals surface area contributed by atoms with Gasteiger partial charge in [-0.1, -0.05) is 50.2 Å². The van der Waals surface area contributed by atoms with Crippen LogP contribution in [0.2, 0.25) is 0 Å². The molecule has 0 saturated heterocycles. The monoisotopic (exact) mass is 478 g/mol. The highest BCUT2D eigenvalue weighted by molar-refractivity contribution is 7.99. The highest BCUT2D eigenvalue weighted by Crippen LogP contribution is 2.39. The molecule has 8 heteroatoms. The van der Waals surface area contributed by atoms with Crippen molar-refractivity contribution in [2.75, 3.05) is 5.75 Å². The first-order valence-electron chi connectivity index (χ1n) is 11.1. The highest BCUT2D eigenvalue weighted by atomic mass is 32.2. The van der Waals surface area contributed by atoms with Crippen LogP contribution in [-0.2, 0) is 23.8 Å². The maximum absolute atomic E-state index is 13.2. The van der Waals surface area contributed by atoms with E-state index in [1.165, 1.54) is 11.8 Å². The Bertz CT molecular complexity index is 1020. The molecule has 2 atom stereocenters. The fourth-order valence-corrected chi connectivity index (χ4v) is 5.25. The van der Waals surface area contributed by atoms with E-state index in [-0.39, 0.29) is 28.5 Å². The van der Waals surface area contributed by atoms with Gasteiger partial charge in [0, 0.05) is 31.0 Å². The van der Waals surface area contributed by atoms with Crippen LogP contribution in [0.5, 0.6) is 0 Å². The molecule has 0 aliphatic heterocycles. The average molecular weight is 479 g/mol. The van der Waals surface area contributed by atoms with Gasteiger partial charge in [-0.15, -0.1) is 0 Å². The van der Waals surface area contributed by atoms with E-state index in [0.29, 0.717) is 24.2 Å². The number of rotatable bonds is 7. The van der Waals surface area contributed by atoms with Crippen LogP contribution in [0, 0.1) is 18.8 Å². The molecule has 0 amide bonds. The van der Waals surface area contributed by atoms with Gasteiger partial charge in [0.1, 0.15) is 5.76 Å². The summed E-state index contributed by atoms with van der Waals surface area (Å²) in [5.41, 5.74) is 3.74. The third-order valence-electron chi connectivity index (χ3n) is 6.16. The summed E-state index contributed by atoms with van der Waals surface area (Å²) in [6.07, 6.45) is -0.624. The molecular formula is C25H29F3N2O2S. The predicted molar refractivity (Wildman–Crippen MR) is 124 cm³/mol. The predicted octanol–water partition coefficient (Wildman–Crippen LogP) is 6.61. The number of carbonyl (C=O) groups excluding carboxylic acids is 1. The fraction of sp³-hybridized carbons (Fsp3) is 0.480. The minimum atomic E-state index is -4.47. The Balaban J connectivity index is 1.75. The van der Waals surface area contributed by atoms with Crippen molar-refractivity contribution >= 4 is 23.1 Å². The SMILES string of the molecule is CCc1cc(C)cc(CC)c1C1=C(O)CC(C(C)CSc2ncc(C(F)(F)F)cn2)CC1=O. The van der Waals surface area contributed by atoms with Gasteiger partial charge in [0.05, 0.1) is 11.1 Å². The van der Waals surface area contributed by atoms with E-state index in [0.717, 1.165) is 47.5 Å². The molecule has 0 radical (unpaired) electrons. The molecule has 178 valence electrons. The van der Waals surface area contributed by atoms with Crippen molar-refractivity contribution in [2.45, 2.75) is 64.7 Å². The lowest BCUT2D eigenvalue weighted by Gasteiger charge is -2.29. The number of allylic oxidation sites excluding steroid dienone is 2. The lowest BCUT2D eigenvalue weighted by molar-refractivity contribution is -0.138. The number of hydrogen-bond acceptors (Lipinski definition) is 5. The number of benzene rings is 1. The van der Waals surface area contributed by atoms with Crippen molar-refractivity contribution in [3.63, 3.8) is 0 Å². The Morgan fingerprint density at radius 3 is 2.18 bits per heavy atom. The van der Waals surface area contributed by atoms with Crippen LogP contribution < -0.4 is 0 Å². The van der Waals surface area contributed by atoms with Crippen molar-refractivity contribution in [3.8, 4) is 0 Å². The van der Waals surface area contributed by atoms with Gasteiger partial charge in [0.2, 0.25) is 0 Å². The molecule has 2 aromatic rings. The number of thioether (sulfide) groups is 1. The normalized spacial score (nSPS) is 18.0. The van der Waals surface area contributed by atoms with Crippen LogP contribution in [0.1, 0.15) is 61.4 Å². The summed E-state index contributed by atoms with van der Waals surface area (Å²) in [5, 5.41) is 11.2. The van der Waals surface area contributed by atoms with Gasteiger partial charge in [-0.05, 0) is 48.3 Å². The molecular weight excluding hydrogens is 449 g/mol. The fourth-order valence-electron chi connectivity index (χ4n) is 4.31. The Morgan fingerprint density at radius 2 is 1.70 bits per heavy atom. The van der Waals surface area contributed by atoms with Gasteiger partial charge in [0.25, 0.3) is 0 Å². The molecule has 1 aromatic carbocycles. The number of Topliss-reactive ketones (excluding diaryl/α,β-unsaturated/α-hetero) is 1. The molecule has 0 bridgehead atoms. The molecule has 0 spiro atoms. The molecule has 1 heterocycles. The number of halogens is 3. The van der Waals surface area contributed by atoms with Gasteiger partial charge >= 0.3 is 6.18 Å². The molecule has 0 fully saturated rings. The highest BCUT2D eigenvalue weighted by Gasteiger charge is 2.34. The number of ketones is 1. The summed E-state index contributed by atoms with van der Waals surface area (Å²) in [5.74, 6) is 0.607. The first-order chi connectivity index (χ1) is 15.5. The Kier molecular flexibility index (Phi) is 7.88. The number of aliphatic hydroxyl groups excluding tert-OH is 1. The minimum absolute atomic E-state index is 0.0443. The van der Waals surface area contributed by atoms with Crippen molar-refractivity contribution in [1.82, 2.24) is 9.97 Å². The number of alkyl halides is 3. The molecule has 1 aromatic heterocycles. The summed E-state index contributed by atoms with van der Waals surface area (Å²) in [4.78, 5) is 20.8. The zero-order chi connectivity index (χ0) is 24.3. The van der Waals surface area contributed by atoms with Gasteiger partial charge in [-0.3, -0.25) is 4.79 Å². The summed E-state index contributed by atoms with van der Waals surface area (Å²) in [7, 11) is 0. The topological polar surface area (TPSA) is 63.1 Å². The second-order valence-electron chi connectivity index (χ2n) is 8.62. The average Bonchev–Trinajstić information content (AvgIpc) is 2.76. The first-order valence-corrected chi connectivity index (χ1v) is 12.1. The Labute approximate surface area is 196 Å². The Morgan fingerprint density at radius 1 is 1.12 bits per heavy atom. The lowest BCUT2D eigenvalue weighted by atomic mass is 9.76. The Hall–Kier alpha value is -2.35. The maximum Gasteiger partial charge on any atom is 0.419 e. The summed E-state index contributed by atoms with van der Waals surface area (Å²) in [6.45, 7) is 8.12. The quantitative estimate of drug-likeness (QED) is 0.359. The van der Waals surface area contributed by atoms with Crippen LogP contribution in [0.25, 0.3) is 5.57 Å². The molecule has 1 aliphatic carbocycles. The number of aliphatic hydroxyl groups is 1. The van der Waals surface area contributed by atoms with Crippen molar-refractivity contribution < 1.29 is 23.1 Å². The molecule has 2 unspecified atom stereocenters. The third-order valence-corrected chi connectivity index (χ3v) is 7.33. The molecule has 1 aliphatic rings. The van der Waals surface area contributed by atoms with E-state index in [2.05, 4.69) is 22.1 Å². The maximum atomic E-state index is 13.2. The standard InChI is InChI=1S/C25H29F3N2O2S/c1-5-16-7-14(3)8-17(6-2)22(16)23-20(31)9-18(10-21(23)32)15(4)13-33-24-29-11-19(12-30-24)25(26,27)28/h7-8,11-12,15,18,31H,5-6,9-10,13H2,1-4H3. The van der Waals surface area contributed by atoms with E-state index in [1.54, 1.807) is 0 Å². The van der Waals surface area contributed by atoms with Crippen LogP contribution in [0.4, 0.5) is 13.2 Å². The third kappa shape index (κ3) is 5.78. The number of nitrogens with zero attached hydrogens (tertiary/aromatic N) is 2. The smallest absolute Gasteiger partial charge is 0.419 e. The van der Waals surface area contributed by atoms with Crippen LogP contribution >= 0.6 is 11.8 Å². The van der Waals surface area contributed by atoms with Crippen molar-refractivity contribution in [2.24, 2.45) is 11.8 Å². The zero-order valence-corrected chi connectivity index (χ0v) is 20.1. The number of carbonyl (C=O) groups is 1. The van der Waals surface area contributed by atoms with Gasteiger partial charge in [-0.2, -0.15) is 13.2 Å². The number of aryl methyl sites for hydroxylation is 3. The second kappa shape index (κ2) is 10.3. The second-order valence-corrected chi connectivity index (χ2v) is 9.61. The summed E-state index contributed by atoms with van der Waals surface area (Å²) < 4.78 is 38.0. The number of aromatic nitrogens is 2. The van der Waals surface area contributed by atoms with Crippen molar-refractivity contribution in [1.29, 1.82) is 0 Å². The van der Waals surface area contributed by atoms with Gasteiger partial charge in [-0.25, -0.2) is 9.97 Å². The molecule has 1 N–H and O–H groups in total. The van der Waals surface area contributed by atoms with Gasteiger partial charge < -0.3 is 5.11 Å². The van der Waals surface area contributed by atoms with E-state index in [1.807, 2.05) is 27.7 Å². The number of hydrogen-bond donors (Lipinski definition) is 1. The first kappa shape index (κ1) is 25.3. The summed E-state index contributed by atoms with van der Waals surface area (Å²) in [6, 6.07) is 4.16. The van der Waals surface area contributed by atoms with E-state index in [4.69, 9.17) is 0 Å². The molecule has 3 rings (SSSR count). The molecule has 0 saturated carbocycles. The van der Waals surface area contributed by atoms with Crippen molar-refractivity contribution in [3.05, 3.63) is 58.1 Å². The van der Waals surface area contributed by atoms with E-state index in [9.17, 15) is 23.1 Å². The van der Waals surface area contributed by atoms with Gasteiger partial charge in [0.15, 0.2) is 10.9 Å². The summed E-state index contributed by atoms with van der Waals surface area (Å²) >= 11 is 1.26. The lowest BCUT2D eigenvalue weighted by Crippen LogP contribution is -2.25. The largest absolute Gasteiger partial charge is 0.512 e. The van der Waals surface area contributed by atoms with Crippen LogP contribution in [0.15, 0.2) is 35.4 Å². The van der Waals surface area contributed by atoms with Crippen LogP contribution in [-0.4, -0.2) is 26.6 Å². The van der Waals surface area contributed by atoms with Crippen LogP contribution in [0.3, 0.4) is 0 Å². The zero-order valence-electron chi connectivity index (χ0n) is 19.3.